The van der Waals surface area contributed by atoms with E-state index in [9.17, 15) is 13.2 Å². The van der Waals surface area contributed by atoms with Crippen LogP contribution in [-0.2, 0) is 15.6 Å². The number of hydrogen-bond acceptors (Lipinski definition) is 7. The Balaban J connectivity index is 1.53. The van der Waals surface area contributed by atoms with Gasteiger partial charge in [-0.05, 0) is 24.3 Å². The molecule has 1 aliphatic rings. The summed E-state index contributed by atoms with van der Waals surface area (Å²) >= 11 is 1.32. The molecule has 0 bridgehead atoms. The number of pyridine rings is 1. The Morgan fingerprint density at radius 3 is 2.75 bits per heavy atom. The number of fused-ring (bicyclic) bond motifs is 1. The summed E-state index contributed by atoms with van der Waals surface area (Å²) in [6, 6.07) is 16.2. The highest BCUT2D eigenvalue weighted by atomic mass is 32.2. The van der Waals surface area contributed by atoms with E-state index in [2.05, 4.69) is 14.9 Å². The van der Waals surface area contributed by atoms with E-state index in [0.29, 0.717) is 23.9 Å². The lowest BCUT2D eigenvalue weighted by atomic mass is 10.0. The molecule has 1 N–H and O–H groups in total. The Hall–Kier alpha value is -3.43. The van der Waals surface area contributed by atoms with E-state index in [1.807, 2.05) is 24.3 Å². The van der Waals surface area contributed by atoms with Crippen molar-refractivity contribution in [2.24, 2.45) is 0 Å². The molecule has 4 aromatic rings. The second-order valence-corrected chi connectivity index (χ2v) is 10.2. The third-order valence-electron chi connectivity index (χ3n) is 5.24. The maximum absolute atomic E-state index is 12.9. The first-order valence-corrected chi connectivity index (χ1v) is 12.5. The number of rotatable bonds is 5. The van der Waals surface area contributed by atoms with Crippen LogP contribution in [0.15, 0.2) is 82.1 Å². The Bertz CT molecular complexity index is 1410. The number of aromatic amines is 1. The molecule has 0 unspecified atom stereocenters. The quantitative estimate of drug-likeness (QED) is 0.479. The molecule has 0 fully saturated rings. The molecule has 32 heavy (non-hydrogen) atoms. The van der Waals surface area contributed by atoms with Crippen molar-refractivity contribution in [1.29, 1.82) is 0 Å². The number of nitrogens with one attached hydrogen (secondary N) is 1. The number of nitrogens with zero attached hydrogens (tertiary/aromatic N) is 2. The summed E-state index contributed by atoms with van der Waals surface area (Å²) in [7, 11) is -3.54. The molecule has 0 saturated carbocycles. The van der Waals surface area contributed by atoms with Gasteiger partial charge in [-0.1, -0.05) is 18.2 Å². The number of thiazole rings is 1. The van der Waals surface area contributed by atoms with Gasteiger partial charge in [-0.3, -0.25) is 4.79 Å². The molecule has 7 nitrogen and oxygen atoms in total. The average Bonchev–Trinajstić information content (AvgIpc) is 3.31. The van der Waals surface area contributed by atoms with E-state index in [1.165, 1.54) is 17.4 Å². The molecule has 5 rings (SSSR count). The first-order valence-electron chi connectivity index (χ1n) is 9.95. The summed E-state index contributed by atoms with van der Waals surface area (Å²) in [5.74, 6) is 0.384. The number of sulfone groups is 1. The number of benzene rings is 2. The zero-order valence-electron chi connectivity index (χ0n) is 16.9. The molecule has 3 heterocycles. The van der Waals surface area contributed by atoms with Gasteiger partial charge in [0.2, 0.25) is 5.56 Å². The van der Waals surface area contributed by atoms with Crippen molar-refractivity contribution in [2.75, 3.05) is 18.1 Å². The van der Waals surface area contributed by atoms with Crippen LogP contribution >= 0.6 is 11.3 Å². The molecule has 1 aliphatic heterocycles. The molecule has 0 atom stereocenters. The first kappa shape index (κ1) is 20.5. The molecule has 162 valence electrons. The maximum Gasteiger partial charge on any atom is 0.247 e. The first-order chi connectivity index (χ1) is 15.5. The summed E-state index contributed by atoms with van der Waals surface area (Å²) in [4.78, 5) is 20.6. The highest BCUT2D eigenvalue weighted by Gasteiger charge is 2.25. The summed E-state index contributed by atoms with van der Waals surface area (Å²) in [5, 5.41) is 2.32. The minimum Gasteiger partial charge on any atom is -0.489 e. The summed E-state index contributed by atoms with van der Waals surface area (Å²) in [5.41, 5.74) is 3.42. The zero-order valence-corrected chi connectivity index (χ0v) is 18.5. The van der Waals surface area contributed by atoms with Crippen LogP contribution in [0.4, 0.5) is 11.4 Å². The molecule has 9 heteroatoms. The van der Waals surface area contributed by atoms with Crippen molar-refractivity contribution in [3.05, 3.63) is 87.7 Å². The average molecular weight is 466 g/mol. The fraction of sp³-hybridized carbons (Fsp3) is 0.130. The molecule has 2 aromatic heterocycles. The SMILES string of the molecule is O=c1ccc(-c2ccccc2N2CCOc3cc(S(=O)(=O)Cc4nccs4)ccc32)c[nH]1. The zero-order chi connectivity index (χ0) is 22.1. The van der Waals surface area contributed by atoms with Gasteiger partial charge in [0, 0.05) is 46.7 Å². The highest BCUT2D eigenvalue weighted by Crippen LogP contribution is 2.41. The van der Waals surface area contributed by atoms with E-state index in [1.54, 1.807) is 42.0 Å². The van der Waals surface area contributed by atoms with Gasteiger partial charge in [0.25, 0.3) is 0 Å². The number of aromatic nitrogens is 2. The molecule has 0 saturated heterocycles. The van der Waals surface area contributed by atoms with Crippen molar-refractivity contribution < 1.29 is 13.2 Å². The van der Waals surface area contributed by atoms with Crippen molar-refractivity contribution in [3.63, 3.8) is 0 Å². The highest BCUT2D eigenvalue weighted by molar-refractivity contribution is 7.90. The van der Waals surface area contributed by atoms with Gasteiger partial charge < -0.3 is 14.6 Å². The van der Waals surface area contributed by atoms with Gasteiger partial charge >= 0.3 is 0 Å². The predicted molar refractivity (Wildman–Crippen MR) is 124 cm³/mol. The van der Waals surface area contributed by atoms with E-state index in [0.717, 1.165) is 22.5 Å². The van der Waals surface area contributed by atoms with E-state index in [-0.39, 0.29) is 16.2 Å². The van der Waals surface area contributed by atoms with E-state index in [4.69, 9.17) is 4.74 Å². The molecule has 0 aliphatic carbocycles. The van der Waals surface area contributed by atoms with Crippen LogP contribution in [0.3, 0.4) is 0 Å². The Kier molecular flexibility index (Phi) is 5.28. The lowest BCUT2D eigenvalue weighted by Gasteiger charge is -2.33. The molecular formula is C23H19N3O4S2. The number of anilines is 2. The fourth-order valence-corrected chi connectivity index (χ4v) is 6.01. The van der Waals surface area contributed by atoms with E-state index >= 15 is 0 Å². The predicted octanol–water partition coefficient (Wildman–Crippen LogP) is 4.00. The van der Waals surface area contributed by atoms with Crippen molar-refractivity contribution in [1.82, 2.24) is 9.97 Å². The topological polar surface area (TPSA) is 92.4 Å². The number of hydrogen-bond donors (Lipinski definition) is 1. The molecular weight excluding hydrogens is 446 g/mol. The summed E-state index contributed by atoms with van der Waals surface area (Å²) in [6.07, 6.45) is 3.29. The lowest BCUT2D eigenvalue weighted by molar-refractivity contribution is 0.313. The Morgan fingerprint density at radius 2 is 1.97 bits per heavy atom. The minimum atomic E-state index is -3.54. The molecule has 2 aromatic carbocycles. The minimum absolute atomic E-state index is 0.137. The van der Waals surface area contributed by atoms with Gasteiger partial charge in [0.15, 0.2) is 9.84 Å². The number of ether oxygens (including phenoxy) is 1. The van der Waals surface area contributed by atoms with Crippen LogP contribution in [0.1, 0.15) is 5.01 Å². The normalized spacial score (nSPS) is 13.4. The third-order valence-corrected chi connectivity index (χ3v) is 7.83. The lowest BCUT2D eigenvalue weighted by Crippen LogP contribution is -2.29. The fourth-order valence-electron chi connectivity index (χ4n) is 3.75. The summed E-state index contributed by atoms with van der Waals surface area (Å²) < 4.78 is 31.6. The molecule has 0 radical (unpaired) electrons. The van der Waals surface area contributed by atoms with Gasteiger partial charge in [0.1, 0.15) is 23.1 Å². The Labute approximate surface area is 188 Å². The van der Waals surface area contributed by atoms with Gasteiger partial charge in [-0.25, -0.2) is 13.4 Å². The van der Waals surface area contributed by atoms with Crippen molar-refractivity contribution in [3.8, 4) is 16.9 Å². The smallest absolute Gasteiger partial charge is 0.247 e. The summed E-state index contributed by atoms with van der Waals surface area (Å²) in [6.45, 7) is 1.03. The van der Waals surface area contributed by atoms with Crippen LogP contribution in [0.5, 0.6) is 5.75 Å². The largest absolute Gasteiger partial charge is 0.489 e. The van der Waals surface area contributed by atoms with Crippen LogP contribution in [-0.4, -0.2) is 31.5 Å². The number of para-hydroxylation sites is 1. The van der Waals surface area contributed by atoms with Crippen LogP contribution in [0.25, 0.3) is 11.1 Å². The van der Waals surface area contributed by atoms with Crippen molar-refractivity contribution >= 4 is 32.5 Å². The Morgan fingerprint density at radius 1 is 1.09 bits per heavy atom. The van der Waals surface area contributed by atoms with Crippen LogP contribution in [0, 0.1) is 0 Å². The van der Waals surface area contributed by atoms with Gasteiger partial charge in [-0.15, -0.1) is 11.3 Å². The van der Waals surface area contributed by atoms with E-state index < -0.39 is 9.84 Å². The third kappa shape index (κ3) is 3.92. The molecule has 0 spiro atoms. The van der Waals surface area contributed by atoms with Gasteiger partial charge in [-0.2, -0.15) is 0 Å². The maximum atomic E-state index is 12.9. The number of H-pyrrole nitrogens is 1. The molecule has 0 amide bonds. The second-order valence-electron chi connectivity index (χ2n) is 7.27. The van der Waals surface area contributed by atoms with Crippen molar-refractivity contribution in [2.45, 2.75) is 10.6 Å². The standard InChI is InChI=1S/C23H19N3O4S2/c27-22-8-5-16(14-25-22)18-3-1-2-4-19(18)26-10-11-30-21-13-17(6-7-20(21)26)32(28,29)15-23-24-9-12-31-23/h1-9,12-14H,10-11,15H2,(H,25,27). The van der Waals surface area contributed by atoms with Crippen LogP contribution < -0.4 is 15.2 Å². The monoisotopic (exact) mass is 465 g/mol. The van der Waals surface area contributed by atoms with Crippen LogP contribution in [0.2, 0.25) is 0 Å². The van der Waals surface area contributed by atoms with Gasteiger partial charge in [0.05, 0.1) is 17.1 Å². The second kappa shape index (κ2) is 8.25.